The van der Waals surface area contributed by atoms with Crippen molar-refractivity contribution in [2.24, 2.45) is 0 Å². The lowest BCUT2D eigenvalue weighted by molar-refractivity contribution is -0.146. The Morgan fingerprint density at radius 1 is 0.969 bits per heavy atom. The largest absolute Gasteiger partial charge is 0.466 e. The first-order valence-electron chi connectivity index (χ1n) is 12.5. The molecule has 1 fully saturated rings. The summed E-state index contributed by atoms with van der Waals surface area (Å²) in [7, 11) is 1.28. The first-order chi connectivity index (χ1) is 15.6. The van der Waals surface area contributed by atoms with Crippen molar-refractivity contribution in [2.45, 2.75) is 109 Å². The number of carbonyl (C=O) groups excluding carboxylic acids is 2. The van der Waals surface area contributed by atoms with Gasteiger partial charge in [0, 0.05) is 18.1 Å². The Hall–Kier alpha value is -1.88. The molecule has 0 amide bonds. The summed E-state index contributed by atoms with van der Waals surface area (Å²) in [6.07, 6.45) is 26.7. The third-order valence-corrected chi connectivity index (χ3v) is 5.90. The maximum atomic E-state index is 12.1. The average Bonchev–Trinajstić information content (AvgIpc) is 3.13. The van der Waals surface area contributed by atoms with Crippen molar-refractivity contribution in [3.8, 4) is 0 Å². The molecule has 1 heterocycles. The molecule has 0 aromatic carbocycles. The van der Waals surface area contributed by atoms with Gasteiger partial charge in [-0.1, -0.05) is 76.5 Å². The number of rotatable bonds is 18. The van der Waals surface area contributed by atoms with E-state index in [1.54, 1.807) is 0 Å². The van der Waals surface area contributed by atoms with Crippen LogP contribution < -0.4 is 0 Å². The van der Waals surface area contributed by atoms with E-state index in [1.807, 2.05) is 6.08 Å². The summed E-state index contributed by atoms with van der Waals surface area (Å²) in [6.45, 7) is 1.89. The van der Waals surface area contributed by atoms with Crippen LogP contribution >= 0.6 is 0 Å². The van der Waals surface area contributed by atoms with Crippen molar-refractivity contribution in [1.29, 1.82) is 0 Å². The molecule has 5 heteroatoms. The van der Waals surface area contributed by atoms with Crippen LogP contribution in [0.1, 0.15) is 103 Å². The highest BCUT2D eigenvalue weighted by atomic mass is 16.6. The molecular formula is C27H44O5. The fraction of sp³-hybridized carbons (Fsp3) is 0.704. The molecule has 5 nitrogen and oxygen atoms in total. The number of aliphatic hydroxyl groups is 1. The lowest BCUT2D eigenvalue weighted by Crippen LogP contribution is -2.30. The highest BCUT2D eigenvalue weighted by Gasteiger charge is 2.41. The minimum atomic E-state index is -1.15. The molecule has 0 aromatic heterocycles. The van der Waals surface area contributed by atoms with Crippen LogP contribution in [-0.4, -0.2) is 36.4 Å². The Balaban J connectivity index is 2.10. The smallest absolute Gasteiger partial charge is 0.334 e. The minimum absolute atomic E-state index is 0.279. The molecule has 1 aliphatic rings. The maximum absolute atomic E-state index is 12.1. The second-order valence-corrected chi connectivity index (χ2v) is 8.75. The summed E-state index contributed by atoms with van der Waals surface area (Å²) in [4.78, 5) is 23.4. The molecule has 1 N–H and O–H groups in total. The van der Waals surface area contributed by atoms with Crippen LogP contribution in [-0.2, 0) is 19.1 Å². The molecule has 0 aliphatic carbocycles. The van der Waals surface area contributed by atoms with E-state index in [0.717, 1.165) is 19.3 Å². The quantitative estimate of drug-likeness (QED) is 0.114. The van der Waals surface area contributed by atoms with Gasteiger partial charge in [0.1, 0.15) is 0 Å². The predicted octanol–water partition coefficient (Wildman–Crippen LogP) is 6.36. The number of unbranched alkanes of at least 4 members (excludes halogenated alkanes) is 12. The summed E-state index contributed by atoms with van der Waals surface area (Å²) < 4.78 is 9.88. The van der Waals surface area contributed by atoms with Gasteiger partial charge in [-0.05, 0) is 44.6 Å². The summed E-state index contributed by atoms with van der Waals surface area (Å²) in [5, 5.41) is 9.64. The van der Waals surface area contributed by atoms with Crippen LogP contribution in [0.5, 0.6) is 0 Å². The van der Waals surface area contributed by atoms with Crippen molar-refractivity contribution < 1.29 is 24.2 Å². The SMILES string of the molecule is CCCCCCCC/C=C\CCCCCCC/C=C1\CC(/C=C/C(=O)OC)(CO)OC1=O. The first kappa shape index (κ1) is 28.2. The normalized spacial score (nSPS) is 20.0. The molecule has 0 aromatic rings. The summed E-state index contributed by atoms with van der Waals surface area (Å²) >= 11 is 0. The highest BCUT2D eigenvalue weighted by molar-refractivity contribution is 5.92. The zero-order valence-electron chi connectivity index (χ0n) is 20.3. The Morgan fingerprint density at radius 3 is 2.09 bits per heavy atom. The van der Waals surface area contributed by atoms with Crippen molar-refractivity contribution in [1.82, 2.24) is 0 Å². The van der Waals surface area contributed by atoms with Crippen molar-refractivity contribution in [2.75, 3.05) is 13.7 Å². The number of methoxy groups -OCH3 is 1. The van der Waals surface area contributed by atoms with E-state index in [0.29, 0.717) is 5.57 Å². The van der Waals surface area contributed by atoms with Crippen LogP contribution in [0.2, 0.25) is 0 Å². The van der Waals surface area contributed by atoms with Gasteiger partial charge >= 0.3 is 11.9 Å². The number of esters is 2. The number of cyclic esters (lactones) is 1. The Morgan fingerprint density at radius 2 is 1.53 bits per heavy atom. The third kappa shape index (κ3) is 12.2. The van der Waals surface area contributed by atoms with Crippen LogP contribution in [0.25, 0.3) is 0 Å². The van der Waals surface area contributed by atoms with E-state index in [2.05, 4.69) is 23.8 Å². The summed E-state index contributed by atoms with van der Waals surface area (Å²) in [5.41, 5.74) is -0.580. The lowest BCUT2D eigenvalue weighted by atomic mass is 9.97. The van der Waals surface area contributed by atoms with E-state index in [9.17, 15) is 14.7 Å². The standard InChI is InChI=1S/C27H44O5/c1-3-4-5-6-7-8-9-10-11-12-13-14-15-16-17-18-19-24-22-27(23-28,32-26(24)30)21-20-25(29)31-2/h10-11,19-21,28H,3-9,12-18,22-23H2,1-2H3/b11-10-,21-20+,24-19+. The van der Waals surface area contributed by atoms with E-state index in [-0.39, 0.29) is 13.0 Å². The second kappa shape index (κ2) is 17.6. The second-order valence-electron chi connectivity index (χ2n) is 8.75. The number of aliphatic hydroxyl groups excluding tert-OH is 1. The molecule has 1 aliphatic heterocycles. The fourth-order valence-electron chi connectivity index (χ4n) is 3.85. The first-order valence-corrected chi connectivity index (χ1v) is 12.5. The molecule has 0 saturated carbocycles. The zero-order valence-corrected chi connectivity index (χ0v) is 20.3. The molecule has 1 saturated heterocycles. The van der Waals surface area contributed by atoms with Gasteiger partial charge in [-0.15, -0.1) is 0 Å². The topological polar surface area (TPSA) is 72.8 Å². The molecular weight excluding hydrogens is 404 g/mol. The Kier molecular flexibility index (Phi) is 15.5. The van der Waals surface area contributed by atoms with Gasteiger partial charge in [0.15, 0.2) is 5.60 Å². The molecule has 182 valence electrons. The van der Waals surface area contributed by atoms with Gasteiger partial charge in [-0.3, -0.25) is 0 Å². The van der Waals surface area contributed by atoms with Gasteiger partial charge in [0.25, 0.3) is 0 Å². The third-order valence-electron chi connectivity index (χ3n) is 5.90. The van der Waals surface area contributed by atoms with Crippen molar-refractivity contribution in [3.63, 3.8) is 0 Å². The number of hydrogen-bond acceptors (Lipinski definition) is 5. The number of ether oxygens (including phenoxy) is 2. The molecule has 1 rings (SSSR count). The molecule has 1 atom stereocenters. The number of carbonyl (C=O) groups is 2. The monoisotopic (exact) mass is 448 g/mol. The number of hydrogen-bond donors (Lipinski definition) is 1. The van der Waals surface area contributed by atoms with Gasteiger partial charge < -0.3 is 14.6 Å². The molecule has 0 bridgehead atoms. The van der Waals surface area contributed by atoms with Crippen LogP contribution in [0.15, 0.2) is 36.0 Å². The molecule has 0 spiro atoms. The molecule has 1 unspecified atom stereocenters. The summed E-state index contributed by atoms with van der Waals surface area (Å²) in [6, 6.07) is 0. The zero-order chi connectivity index (χ0) is 23.5. The van der Waals surface area contributed by atoms with E-state index < -0.39 is 17.5 Å². The van der Waals surface area contributed by atoms with Gasteiger partial charge in [-0.25, -0.2) is 9.59 Å². The molecule has 0 radical (unpaired) electrons. The van der Waals surface area contributed by atoms with E-state index in [4.69, 9.17) is 4.74 Å². The summed E-state index contributed by atoms with van der Waals surface area (Å²) in [5.74, 6) is -0.957. The number of allylic oxidation sites excluding steroid dienone is 3. The fourth-order valence-corrected chi connectivity index (χ4v) is 3.85. The van der Waals surface area contributed by atoms with Gasteiger partial charge in [0.05, 0.1) is 13.7 Å². The van der Waals surface area contributed by atoms with Crippen LogP contribution in [0.4, 0.5) is 0 Å². The minimum Gasteiger partial charge on any atom is -0.466 e. The van der Waals surface area contributed by atoms with Gasteiger partial charge in [0.2, 0.25) is 0 Å². The Bertz CT molecular complexity index is 620. The predicted molar refractivity (Wildman–Crippen MR) is 129 cm³/mol. The lowest BCUT2D eigenvalue weighted by Gasteiger charge is -2.19. The average molecular weight is 449 g/mol. The van der Waals surface area contributed by atoms with Gasteiger partial charge in [-0.2, -0.15) is 0 Å². The van der Waals surface area contributed by atoms with Crippen LogP contribution in [0, 0.1) is 0 Å². The van der Waals surface area contributed by atoms with E-state index >= 15 is 0 Å². The van der Waals surface area contributed by atoms with Crippen molar-refractivity contribution in [3.05, 3.63) is 36.0 Å². The van der Waals surface area contributed by atoms with Crippen LogP contribution in [0.3, 0.4) is 0 Å². The highest BCUT2D eigenvalue weighted by Crippen LogP contribution is 2.32. The molecule has 32 heavy (non-hydrogen) atoms. The van der Waals surface area contributed by atoms with E-state index in [1.165, 1.54) is 89.9 Å². The van der Waals surface area contributed by atoms with Crippen molar-refractivity contribution >= 4 is 11.9 Å². The Labute approximate surface area is 194 Å². The maximum Gasteiger partial charge on any atom is 0.334 e.